The summed E-state index contributed by atoms with van der Waals surface area (Å²) in [6, 6.07) is 0.421. The number of imidazole rings is 1. The third-order valence-electron chi connectivity index (χ3n) is 1.86. The number of aromatic nitrogens is 2. The van der Waals surface area contributed by atoms with E-state index in [0.717, 1.165) is 0 Å². The van der Waals surface area contributed by atoms with Crippen molar-refractivity contribution in [3.05, 3.63) is 11.4 Å². The van der Waals surface area contributed by atoms with E-state index in [2.05, 4.69) is 4.98 Å². The number of hydrogen-bond donors (Lipinski definition) is 1. The summed E-state index contributed by atoms with van der Waals surface area (Å²) in [6.45, 7) is 2.76. The molecule has 0 amide bonds. The van der Waals surface area contributed by atoms with Crippen molar-refractivity contribution < 1.29 is 14.6 Å². The van der Waals surface area contributed by atoms with Crippen LogP contribution in [-0.2, 0) is 6.54 Å². The van der Waals surface area contributed by atoms with E-state index in [9.17, 15) is 4.79 Å². The highest BCUT2D eigenvalue weighted by molar-refractivity contribution is 5.87. The van der Waals surface area contributed by atoms with Crippen LogP contribution in [0.25, 0.3) is 0 Å². The fraction of sp³-hybridized carbons (Fsp3) is 0.429. The maximum Gasteiger partial charge on any atom is 0.354 e. The molecule has 0 atom stereocenters. The molecule has 5 nitrogen and oxygen atoms in total. The molecule has 0 spiro atoms. The average Bonchev–Trinajstić information content (AvgIpc) is 2.44. The van der Waals surface area contributed by atoms with Crippen LogP contribution in [0.3, 0.4) is 0 Å². The van der Waals surface area contributed by atoms with Gasteiger partial charge in [0.15, 0.2) is 5.69 Å². The summed E-state index contributed by atoms with van der Waals surface area (Å²) in [5.74, 6) is -0.947. The van der Waals surface area contributed by atoms with Gasteiger partial charge in [-0.25, -0.2) is 4.79 Å². The van der Waals surface area contributed by atoms with Gasteiger partial charge >= 0.3 is 5.97 Å². The number of carboxylic acids is 1. The first-order chi connectivity index (χ1) is 5.70. The number of fused-ring (bicyclic) bond motifs is 1. The largest absolute Gasteiger partial charge is 0.477 e. The van der Waals surface area contributed by atoms with Gasteiger partial charge in [0.25, 0.3) is 6.01 Å². The van der Waals surface area contributed by atoms with Crippen LogP contribution < -0.4 is 4.74 Å². The molecule has 1 aliphatic rings. The van der Waals surface area contributed by atoms with Gasteiger partial charge in [-0.15, -0.1) is 0 Å². The molecule has 0 aromatic carbocycles. The van der Waals surface area contributed by atoms with Crippen LogP contribution in [0, 0.1) is 6.92 Å². The van der Waals surface area contributed by atoms with Gasteiger partial charge in [-0.05, 0) is 6.92 Å². The quantitative estimate of drug-likeness (QED) is 0.654. The summed E-state index contributed by atoms with van der Waals surface area (Å²) < 4.78 is 6.68. The first kappa shape index (κ1) is 7.15. The topological polar surface area (TPSA) is 64.4 Å². The number of carbonyl (C=O) groups is 1. The van der Waals surface area contributed by atoms with Gasteiger partial charge in [0.1, 0.15) is 6.61 Å². The van der Waals surface area contributed by atoms with Crippen molar-refractivity contribution in [1.82, 2.24) is 9.55 Å². The molecule has 12 heavy (non-hydrogen) atoms. The molecule has 64 valence electrons. The van der Waals surface area contributed by atoms with Crippen LogP contribution in [0.1, 0.15) is 16.2 Å². The third kappa shape index (κ3) is 0.792. The number of rotatable bonds is 1. The van der Waals surface area contributed by atoms with Gasteiger partial charge in [0, 0.05) is 0 Å². The molecule has 5 heteroatoms. The van der Waals surface area contributed by atoms with E-state index >= 15 is 0 Å². The minimum absolute atomic E-state index is 0.238. The van der Waals surface area contributed by atoms with E-state index in [0.29, 0.717) is 24.9 Å². The first-order valence-corrected chi connectivity index (χ1v) is 3.63. The van der Waals surface area contributed by atoms with Gasteiger partial charge in [0.2, 0.25) is 0 Å². The molecule has 1 aromatic rings. The standard InChI is InChI=1S/C7H8N2O3/c1-4-5(6(10)11)9-2-3-12-7(9)8-4/h2-3H2,1H3,(H,10,11). The zero-order chi connectivity index (χ0) is 8.72. The monoisotopic (exact) mass is 168 g/mol. The second-order valence-electron chi connectivity index (χ2n) is 2.63. The van der Waals surface area contributed by atoms with Gasteiger partial charge in [-0.2, -0.15) is 4.98 Å². The van der Waals surface area contributed by atoms with Crippen molar-refractivity contribution >= 4 is 5.97 Å². The summed E-state index contributed by atoms with van der Waals surface area (Å²) in [6.07, 6.45) is 0. The molecule has 1 aliphatic heterocycles. The van der Waals surface area contributed by atoms with Crippen LogP contribution in [0.2, 0.25) is 0 Å². The molecule has 1 aromatic heterocycles. The van der Waals surface area contributed by atoms with Gasteiger partial charge < -0.3 is 9.84 Å². The van der Waals surface area contributed by atoms with Crippen molar-refractivity contribution in [1.29, 1.82) is 0 Å². The molecule has 0 aliphatic carbocycles. The Morgan fingerprint density at radius 3 is 3.17 bits per heavy atom. The van der Waals surface area contributed by atoms with Crippen molar-refractivity contribution in [2.24, 2.45) is 0 Å². The summed E-state index contributed by atoms with van der Waals surface area (Å²) in [5.41, 5.74) is 0.750. The van der Waals surface area contributed by atoms with E-state index in [1.165, 1.54) is 0 Å². The van der Waals surface area contributed by atoms with E-state index in [1.807, 2.05) is 0 Å². The van der Waals surface area contributed by atoms with Crippen molar-refractivity contribution in [3.8, 4) is 6.01 Å². The second kappa shape index (κ2) is 2.23. The minimum Gasteiger partial charge on any atom is -0.477 e. The predicted octanol–water partition coefficient (Wildman–Crippen LogP) is 0.282. The summed E-state index contributed by atoms with van der Waals surface area (Å²) in [4.78, 5) is 14.7. The lowest BCUT2D eigenvalue weighted by molar-refractivity contribution is 0.0685. The van der Waals surface area contributed by atoms with Crippen molar-refractivity contribution in [3.63, 3.8) is 0 Å². The van der Waals surface area contributed by atoms with E-state index in [-0.39, 0.29) is 5.69 Å². The summed E-state index contributed by atoms with van der Waals surface area (Å²) >= 11 is 0. The van der Waals surface area contributed by atoms with Gasteiger partial charge in [-0.3, -0.25) is 4.57 Å². The molecule has 0 saturated heterocycles. The van der Waals surface area contributed by atoms with Gasteiger partial charge in [0.05, 0.1) is 12.2 Å². The Morgan fingerprint density at radius 1 is 1.75 bits per heavy atom. The SMILES string of the molecule is Cc1nc2n(c1C(=O)O)CCO2. The molecule has 0 radical (unpaired) electrons. The maximum atomic E-state index is 10.7. The molecule has 0 fully saturated rings. The lowest BCUT2D eigenvalue weighted by Gasteiger charge is -1.96. The Hall–Kier alpha value is -1.52. The van der Waals surface area contributed by atoms with Crippen LogP contribution >= 0.6 is 0 Å². The first-order valence-electron chi connectivity index (χ1n) is 3.63. The Bertz CT molecular complexity index is 343. The fourth-order valence-electron chi connectivity index (χ4n) is 1.36. The molecule has 0 unspecified atom stereocenters. The second-order valence-corrected chi connectivity index (χ2v) is 2.63. The lowest BCUT2D eigenvalue weighted by Crippen LogP contribution is -2.07. The van der Waals surface area contributed by atoms with E-state index in [1.54, 1.807) is 11.5 Å². The maximum absolute atomic E-state index is 10.7. The molecule has 0 bridgehead atoms. The van der Waals surface area contributed by atoms with Gasteiger partial charge in [-0.1, -0.05) is 0 Å². The van der Waals surface area contributed by atoms with Crippen LogP contribution in [0.15, 0.2) is 0 Å². The van der Waals surface area contributed by atoms with E-state index < -0.39 is 5.97 Å². The number of carboxylic acid groups (broad SMARTS) is 1. The molecular weight excluding hydrogens is 160 g/mol. The Morgan fingerprint density at radius 2 is 2.50 bits per heavy atom. The summed E-state index contributed by atoms with van der Waals surface area (Å²) in [5, 5.41) is 8.80. The Kier molecular flexibility index (Phi) is 1.33. The number of aromatic carboxylic acids is 1. The molecule has 2 heterocycles. The number of aryl methyl sites for hydroxylation is 1. The highest BCUT2D eigenvalue weighted by atomic mass is 16.5. The Labute approximate surface area is 68.6 Å². The van der Waals surface area contributed by atoms with Crippen molar-refractivity contribution in [2.45, 2.75) is 13.5 Å². The highest BCUT2D eigenvalue weighted by Crippen LogP contribution is 2.21. The van der Waals surface area contributed by atoms with Crippen LogP contribution in [0.4, 0.5) is 0 Å². The zero-order valence-electron chi connectivity index (χ0n) is 6.57. The molecule has 2 rings (SSSR count). The lowest BCUT2D eigenvalue weighted by atomic mass is 10.3. The average molecular weight is 168 g/mol. The smallest absolute Gasteiger partial charge is 0.354 e. The number of nitrogens with zero attached hydrogens (tertiary/aromatic N) is 2. The highest BCUT2D eigenvalue weighted by Gasteiger charge is 2.24. The van der Waals surface area contributed by atoms with E-state index in [4.69, 9.17) is 9.84 Å². The number of hydrogen-bond acceptors (Lipinski definition) is 3. The zero-order valence-corrected chi connectivity index (χ0v) is 6.57. The fourth-order valence-corrected chi connectivity index (χ4v) is 1.36. The van der Waals surface area contributed by atoms with Crippen LogP contribution in [-0.4, -0.2) is 27.2 Å². The number of ether oxygens (including phenoxy) is 1. The summed E-state index contributed by atoms with van der Waals surface area (Å²) in [7, 11) is 0. The molecular formula is C7H8N2O3. The minimum atomic E-state index is -0.947. The third-order valence-corrected chi connectivity index (χ3v) is 1.86. The van der Waals surface area contributed by atoms with Crippen molar-refractivity contribution in [2.75, 3.05) is 6.61 Å². The molecule has 1 N–H and O–H groups in total. The molecule has 0 saturated carbocycles. The van der Waals surface area contributed by atoms with Crippen LogP contribution in [0.5, 0.6) is 6.01 Å². The normalized spacial score (nSPS) is 14.1. The predicted molar refractivity (Wildman–Crippen MR) is 39.4 cm³/mol. The Balaban J connectivity index is 2.59.